The van der Waals surface area contributed by atoms with Crippen molar-refractivity contribution in [1.29, 1.82) is 0 Å². The molecule has 0 saturated carbocycles. The Labute approximate surface area is 206 Å². The topological polar surface area (TPSA) is 94.6 Å². The first-order valence-electron chi connectivity index (χ1n) is 12.1. The number of nitrogens with zero attached hydrogens (tertiary/aromatic N) is 2. The van der Waals surface area contributed by atoms with Crippen LogP contribution in [0.25, 0.3) is 22.0 Å². The van der Waals surface area contributed by atoms with Crippen LogP contribution in [-0.4, -0.2) is 65.1 Å². The number of piperidine rings is 1. The Balaban J connectivity index is 1.19. The predicted molar refractivity (Wildman–Crippen MR) is 134 cm³/mol. The number of para-hydroxylation sites is 1. The number of likely N-dealkylation sites (tertiary alicyclic amines) is 1. The molecular weight excluding hydrogens is 468 g/mol. The summed E-state index contributed by atoms with van der Waals surface area (Å²) in [5.74, 6) is -0.199. The van der Waals surface area contributed by atoms with Crippen LogP contribution in [0, 0.1) is 0 Å². The first kappa shape index (κ1) is 22.4. The van der Waals surface area contributed by atoms with E-state index in [2.05, 4.69) is 14.9 Å². The molecule has 0 unspecified atom stereocenters. The molecule has 2 fully saturated rings. The SMILES string of the molecule is O=C(c1cc2cc(Cl)cc(CN3CCOCC3)c2[nH]1)N1CCC(c2cccc3[nH]c(=O)oc23)CC1. The number of carbonyl (C=O) groups is 1. The third-order valence-electron chi connectivity index (χ3n) is 7.20. The lowest BCUT2D eigenvalue weighted by molar-refractivity contribution is 0.0343. The molecular formula is C26H27ClN4O4. The lowest BCUT2D eigenvalue weighted by Gasteiger charge is -2.32. The Morgan fingerprint density at radius 1 is 1.06 bits per heavy atom. The molecule has 0 bridgehead atoms. The zero-order chi connectivity index (χ0) is 23.9. The maximum atomic E-state index is 13.4. The lowest BCUT2D eigenvalue weighted by Crippen LogP contribution is -2.38. The summed E-state index contributed by atoms with van der Waals surface area (Å²) in [6.45, 7) is 5.29. The minimum Gasteiger partial charge on any atom is -0.408 e. The van der Waals surface area contributed by atoms with Crippen molar-refractivity contribution < 1.29 is 13.9 Å². The summed E-state index contributed by atoms with van der Waals surface area (Å²) in [7, 11) is 0. The highest BCUT2D eigenvalue weighted by atomic mass is 35.5. The monoisotopic (exact) mass is 494 g/mol. The second-order valence-electron chi connectivity index (χ2n) is 9.41. The maximum Gasteiger partial charge on any atom is 0.417 e. The van der Waals surface area contributed by atoms with Crippen LogP contribution in [0.1, 0.15) is 40.4 Å². The average Bonchev–Trinajstić information content (AvgIpc) is 3.47. The molecule has 9 heteroatoms. The number of hydrogen-bond acceptors (Lipinski definition) is 5. The number of halogens is 1. The highest BCUT2D eigenvalue weighted by molar-refractivity contribution is 6.31. The van der Waals surface area contributed by atoms with E-state index in [0.717, 1.165) is 73.2 Å². The van der Waals surface area contributed by atoms with Gasteiger partial charge in [-0.25, -0.2) is 4.79 Å². The van der Waals surface area contributed by atoms with Gasteiger partial charge < -0.3 is 19.0 Å². The summed E-state index contributed by atoms with van der Waals surface area (Å²) in [6, 6.07) is 11.6. The van der Waals surface area contributed by atoms with Gasteiger partial charge >= 0.3 is 5.76 Å². The Bertz CT molecular complexity index is 1440. The number of benzene rings is 2. The second kappa shape index (κ2) is 9.18. The van der Waals surface area contributed by atoms with E-state index in [9.17, 15) is 9.59 Å². The van der Waals surface area contributed by atoms with E-state index < -0.39 is 5.76 Å². The van der Waals surface area contributed by atoms with Crippen LogP contribution < -0.4 is 5.76 Å². The zero-order valence-corrected chi connectivity index (χ0v) is 20.1. The third kappa shape index (κ3) is 4.37. The van der Waals surface area contributed by atoms with Gasteiger partial charge in [0.15, 0.2) is 5.58 Å². The highest BCUT2D eigenvalue weighted by Gasteiger charge is 2.27. The molecule has 2 aromatic heterocycles. The van der Waals surface area contributed by atoms with Gasteiger partial charge in [0.25, 0.3) is 5.91 Å². The number of amides is 1. The van der Waals surface area contributed by atoms with Crippen LogP contribution in [0.4, 0.5) is 0 Å². The van der Waals surface area contributed by atoms with Gasteiger partial charge in [-0.2, -0.15) is 0 Å². The van der Waals surface area contributed by atoms with Crippen molar-refractivity contribution in [2.24, 2.45) is 0 Å². The first-order valence-corrected chi connectivity index (χ1v) is 12.5. The molecule has 35 heavy (non-hydrogen) atoms. The number of morpholine rings is 1. The molecule has 2 N–H and O–H groups in total. The molecule has 6 rings (SSSR count). The molecule has 4 heterocycles. The standard InChI is InChI=1S/C26H27ClN4O4/c27-19-12-17-14-22(28-23(17)18(13-19)15-30-8-10-34-11-9-30)25(32)31-6-4-16(5-7-31)20-2-1-3-21-24(20)35-26(33)29-21/h1-3,12-14,16,28H,4-11,15H2,(H,29,33). The van der Waals surface area contributed by atoms with Gasteiger partial charge in [0.1, 0.15) is 5.69 Å². The Hall–Kier alpha value is -3.07. The Kier molecular flexibility index (Phi) is 5.88. The van der Waals surface area contributed by atoms with Crippen molar-refractivity contribution in [3.8, 4) is 0 Å². The molecule has 4 aromatic rings. The lowest BCUT2D eigenvalue weighted by atomic mass is 9.89. The molecule has 2 aromatic carbocycles. The Morgan fingerprint density at radius 2 is 1.86 bits per heavy atom. The average molecular weight is 495 g/mol. The van der Waals surface area contributed by atoms with E-state index in [0.29, 0.717) is 29.4 Å². The first-order chi connectivity index (χ1) is 17.0. The van der Waals surface area contributed by atoms with E-state index in [1.54, 1.807) is 0 Å². The number of aromatic amines is 2. The number of carbonyl (C=O) groups excluding carboxylic acids is 1. The minimum atomic E-state index is -0.438. The van der Waals surface area contributed by atoms with Crippen molar-refractivity contribution in [2.75, 3.05) is 39.4 Å². The fourth-order valence-electron chi connectivity index (χ4n) is 5.40. The van der Waals surface area contributed by atoms with Gasteiger partial charge in [0.05, 0.1) is 24.2 Å². The highest BCUT2D eigenvalue weighted by Crippen LogP contribution is 2.33. The molecule has 8 nitrogen and oxygen atoms in total. The summed E-state index contributed by atoms with van der Waals surface area (Å²) in [5, 5.41) is 1.62. The minimum absolute atomic E-state index is 0.000482. The van der Waals surface area contributed by atoms with Gasteiger partial charge in [-0.15, -0.1) is 0 Å². The number of H-pyrrole nitrogens is 2. The molecule has 0 spiro atoms. The van der Waals surface area contributed by atoms with Crippen molar-refractivity contribution in [1.82, 2.24) is 19.8 Å². The second-order valence-corrected chi connectivity index (χ2v) is 9.84. The van der Waals surface area contributed by atoms with E-state index in [-0.39, 0.29) is 11.8 Å². The van der Waals surface area contributed by atoms with E-state index in [4.69, 9.17) is 20.8 Å². The van der Waals surface area contributed by atoms with Crippen LogP contribution in [0.2, 0.25) is 5.02 Å². The molecule has 2 saturated heterocycles. The number of rotatable bonds is 4. The smallest absolute Gasteiger partial charge is 0.408 e. The molecule has 1 amide bonds. The number of nitrogens with one attached hydrogen (secondary N) is 2. The number of hydrogen-bond donors (Lipinski definition) is 2. The third-order valence-corrected chi connectivity index (χ3v) is 7.42. The van der Waals surface area contributed by atoms with E-state index >= 15 is 0 Å². The predicted octanol–water partition coefficient (Wildman–Crippen LogP) is 4.11. The van der Waals surface area contributed by atoms with Crippen molar-refractivity contribution in [3.05, 3.63) is 68.8 Å². The summed E-state index contributed by atoms with van der Waals surface area (Å²) in [5.41, 5.74) is 5.02. The maximum absolute atomic E-state index is 13.4. The molecule has 0 aliphatic carbocycles. The molecule has 182 valence electrons. The van der Waals surface area contributed by atoms with Crippen molar-refractivity contribution in [2.45, 2.75) is 25.3 Å². The van der Waals surface area contributed by atoms with Crippen LogP contribution in [0.5, 0.6) is 0 Å². The summed E-state index contributed by atoms with van der Waals surface area (Å²) >= 11 is 6.41. The van der Waals surface area contributed by atoms with Gasteiger partial charge in [0, 0.05) is 48.7 Å². The van der Waals surface area contributed by atoms with Gasteiger partial charge in [-0.05, 0) is 48.6 Å². The zero-order valence-electron chi connectivity index (χ0n) is 19.3. The fraction of sp³-hybridized carbons (Fsp3) is 0.385. The molecule has 2 aliphatic heterocycles. The van der Waals surface area contributed by atoms with Crippen LogP contribution in [0.15, 0.2) is 45.6 Å². The quantitative estimate of drug-likeness (QED) is 0.445. The van der Waals surface area contributed by atoms with Gasteiger partial charge in [-0.3, -0.25) is 14.7 Å². The van der Waals surface area contributed by atoms with E-state index in [1.807, 2.05) is 41.3 Å². The number of oxazole rings is 1. The van der Waals surface area contributed by atoms with Gasteiger partial charge in [-0.1, -0.05) is 23.7 Å². The van der Waals surface area contributed by atoms with Crippen molar-refractivity contribution >= 4 is 39.5 Å². The van der Waals surface area contributed by atoms with Crippen LogP contribution in [0.3, 0.4) is 0 Å². The van der Waals surface area contributed by atoms with E-state index in [1.165, 1.54) is 0 Å². The number of ether oxygens (including phenoxy) is 1. The summed E-state index contributed by atoms with van der Waals surface area (Å²) < 4.78 is 10.8. The number of fused-ring (bicyclic) bond motifs is 2. The number of aromatic nitrogens is 2. The summed E-state index contributed by atoms with van der Waals surface area (Å²) in [6.07, 6.45) is 1.63. The fourth-order valence-corrected chi connectivity index (χ4v) is 5.65. The van der Waals surface area contributed by atoms with Crippen LogP contribution >= 0.6 is 11.6 Å². The largest absolute Gasteiger partial charge is 0.417 e. The molecule has 0 atom stereocenters. The normalized spacial score (nSPS) is 18.0. The molecule has 2 aliphatic rings. The van der Waals surface area contributed by atoms with Crippen molar-refractivity contribution in [3.63, 3.8) is 0 Å². The van der Waals surface area contributed by atoms with Gasteiger partial charge in [0.2, 0.25) is 0 Å². The molecule has 0 radical (unpaired) electrons. The summed E-state index contributed by atoms with van der Waals surface area (Å²) in [4.78, 5) is 35.4. The Morgan fingerprint density at radius 3 is 2.66 bits per heavy atom. The van der Waals surface area contributed by atoms with Crippen LogP contribution in [-0.2, 0) is 11.3 Å².